The number of carboxylic acid groups (broad SMARTS) is 1. The molecule has 0 saturated heterocycles. The second-order valence-electron chi connectivity index (χ2n) is 11.1. The zero-order chi connectivity index (χ0) is 25.1. The summed E-state index contributed by atoms with van der Waals surface area (Å²) in [5, 5.41) is 33.6. The van der Waals surface area contributed by atoms with E-state index < -0.39 is 59.7 Å². The fourth-order valence-electron chi connectivity index (χ4n) is 7.75. The van der Waals surface area contributed by atoms with Crippen molar-refractivity contribution in [1.82, 2.24) is 0 Å². The summed E-state index contributed by atoms with van der Waals surface area (Å²) in [7, 11) is 0. The summed E-state index contributed by atoms with van der Waals surface area (Å²) < 4.78 is 4.95. The molecule has 9 heteroatoms. The number of carboxylic acids is 1. The number of aliphatic hydroxyl groups excluding tert-OH is 1. The second kappa shape index (κ2) is 9.86. The summed E-state index contributed by atoms with van der Waals surface area (Å²) in [5.41, 5.74) is -2.07. The minimum absolute atomic E-state index is 0. The van der Waals surface area contributed by atoms with Crippen LogP contribution in [0.1, 0.15) is 59.3 Å². The molecule has 0 spiro atoms. The van der Waals surface area contributed by atoms with E-state index in [1.165, 1.54) is 0 Å². The van der Waals surface area contributed by atoms with Gasteiger partial charge in [-0.3, -0.25) is 14.4 Å². The zero-order valence-corrected chi connectivity index (χ0v) is 22.9. The van der Waals surface area contributed by atoms with Gasteiger partial charge in [-0.2, -0.15) is 0 Å². The predicted octanol–water partition coefficient (Wildman–Crippen LogP) is -2.11. The van der Waals surface area contributed by atoms with Crippen LogP contribution in [-0.4, -0.2) is 52.0 Å². The van der Waals surface area contributed by atoms with Gasteiger partial charge in [-0.25, -0.2) is 0 Å². The molecule has 8 atom stereocenters. The van der Waals surface area contributed by atoms with E-state index in [0.717, 1.165) is 12.0 Å². The van der Waals surface area contributed by atoms with Gasteiger partial charge >= 0.3 is 35.5 Å². The normalized spacial score (nSPS) is 41.6. The Balaban J connectivity index is 0.00000342. The Kier molecular flexibility index (Phi) is 7.96. The summed E-state index contributed by atoms with van der Waals surface area (Å²) in [6.45, 7) is 5.36. The molecule has 0 aliphatic heterocycles. The molecule has 0 amide bonds. The average molecular weight is 497 g/mol. The number of carbonyl (C=O) groups is 4. The smallest absolute Gasteiger partial charge is 0.550 e. The Morgan fingerprint density at radius 2 is 1.91 bits per heavy atom. The van der Waals surface area contributed by atoms with Crippen molar-refractivity contribution in [3.8, 4) is 0 Å². The second-order valence-corrected chi connectivity index (χ2v) is 11.1. The molecule has 4 aliphatic rings. The Morgan fingerprint density at radius 3 is 2.57 bits per heavy atom. The number of esters is 1. The van der Waals surface area contributed by atoms with Crippen molar-refractivity contribution in [3.05, 3.63) is 23.8 Å². The Bertz CT molecular complexity index is 988. The third-order valence-corrected chi connectivity index (χ3v) is 9.33. The number of Topliss-reactive ketones (excluding diaryl/α,β-unsaturated/α-hetero) is 1. The molecule has 4 rings (SSSR count). The molecule has 0 heterocycles. The van der Waals surface area contributed by atoms with Crippen molar-refractivity contribution in [2.45, 2.75) is 71.0 Å². The van der Waals surface area contributed by atoms with Crippen LogP contribution < -0.4 is 34.7 Å². The van der Waals surface area contributed by atoms with Gasteiger partial charge in [0.15, 0.2) is 12.4 Å². The molecule has 2 N–H and O–H groups in total. The van der Waals surface area contributed by atoms with Crippen LogP contribution in [0.4, 0.5) is 0 Å². The molecule has 4 unspecified atom stereocenters. The van der Waals surface area contributed by atoms with Crippen molar-refractivity contribution < 1.29 is 68.8 Å². The topological polar surface area (TPSA) is 141 Å². The van der Waals surface area contributed by atoms with E-state index in [1.54, 1.807) is 12.2 Å². The van der Waals surface area contributed by atoms with E-state index >= 15 is 0 Å². The van der Waals surface area contributed by atoms with Gasteiger partial charge in [0.1, 0.15) is 5.60 Å². The van der Waals surface area contributed by atoms with Crippen molar-refractivity contribution in [2.24, 2.45) is 34.5 Å². The van der Waals surface area contributed by atoms with Crippen molar-refractivity contribution in [2.75, 3.05) is 6.61 Å². The van der Waals surface area contributed by atoms with Crippen molar-refractivity contribution >= 4 is 23.5 Å². The fraction of sp³-hybridized carbons (Fsp3) is 0.692. The van der Waals surface area contributed by atoms with Crippen LogP contribution in [0.5, 0.6) is 0 Å². The van der Waals surface area contributed by atoms with Crippen LogP contribution in [0.25, 0.3) is 0 Å². The number of carbonyl (C=O) groups excluding carboxylic acids is 4. The van der Waals surface area contributed by atoms with Crippen LogP contribution in [0.3, 0.4) is 0 Å². The third kappa shape index (κ3) is 4.50. The molecule has 3 fully saturated rings. The minimum Gasteiger partial charge on any atom is -0.550 e. The van der Waals surface area contributed by atoms with Gasteiger partial charge in [0.25, 0.3) is 0 Å². The Labute approximate surface area is 227 Å². The predicted molar refractivity (Wildman–Crippen MR) is 118 cm³/mol. The molecule has 186 valence electrons. The third-order valence-electron chi connectivity index (χ3n) is 9.33. The first kappa shape index (κ1) is 28.3. The van der Waals surface area contributed by atoms with Gasteiger partial charge < -0.3 is 24.9 Å². The number of hydrogen-bond donors (Lipinski definition) is 2. The summed E-state index contributed by atoms with van der Waals surface area (Å²) >= 11 is 0. The molecule has 8 nitrogen and oxygen atoms in total. The molecule has 4 aliphatic carbocycles. The molecule has 0 aromatic carbocycles. The molecule has 0 aromatic rings. The first-order chi connectivity index (χ1) is 15.8. The summed E-state index contributed by atoms with van der Waals surface area (Å²) in [5.74, 6) is -2.85. The van der Waals surface area contributed by atoms with Gasteiger partial charge in [0.05, 0.1) is 12.5 Å². The molecular weight excluding hydrogens is 463 g/mol. The quantitative estimate of drug-likeness (QED) is 0.314. The van der Waals surface area contributed by atoms with E-state index in [-0.39, 0.29) is 71.9 Å². The number of hydrogen-bond acceptors (Lipinski definition) is 8. The summed E-state index contributed by atoms with van der Waals surface area (Å²) in [6.07, 6.45) is 5.30. The SMILES string of the molecule is C[C@H]1CC2C(C(O)C[C@@]3(C)C2CC[C@]3(O)C(=O)COC(=O)CCC(=O)[O-])[C@@]2(C)C=CC(=O)C=C12.[Na+]. The van der Waals surface area contributed by atoms with E-state index in [9.17, 15) is 34.5 Å². The maximum Gasteiger partial charge on any atom is 1.00 e. The number of allylic oxidation sites excluding steroid dienone is 4. The first-order valence-corrected chi connectivity index (χ1v) is 12.1. The maximum absolute atomic E-state index is 13.1. The van der Waals surface area contributed by atoms with Crippen molar-refractivity contribution in [3.63, 3.8) is 0 Å². The van der Waals surface area contributed by atoms with E-state index in [4.69, 9.17) is 4.74 Å². The monoisotopic (exact) mass is 496 g/mol. The van der Waals surface area contributed by atoms with Crippen LogP contribution in [0, 0.1) is 34.5 Å². The molecule has 3 saturated carbocycles. The van der Waals surface area contributed by atoms with Gasteiger partial charge in [0, 0.05) is 22.7 Å². The standard InChI is InChI=1S/C26H34O8.Na/c1-14-10-16-17-7-9-26(33,20(29)13-34-22(32)5-4-21(30)31)25(17,3)12-19(28)23(16)24(2)8-6-15(27)11-18(14)24;/h6,8,11,14,16-17,19,23,28,33H,4-5,7,9-10,12-13H2,1-3H3,(H,30,31);/q;+1/p-1/t14-,16?,17?,19?,23?,24-,25-,26-;/m0./s1. The number of rotatable bonds is 6. The van der Waals surface area contributed by atoms with Gasteiger partial charge in [-0.15, -0.1) is 0 Å². The van der Waals surface area contributed by atoms with Crippen LogP contribution in [0.15, 0.2) is 23.8 Å². The van der Waals surface area contributed by atoms with E-state index in [2.05, 4.69) is 13.8 Å². The molecular formula is C26H33NaO8. The Morgan fingerprint density at radius 1 is 1.23 bits per heavy atom. The average Bonchev–Trinajstić information content (AvgIpc) is 3.03. The number of aliphatic carboxylic acids is 1. The van der Waals surface area contributed by atoms with Gasteiger partial charge in [-0.05, 0) is 62.0 Å². The largest absolute Gasteiger partial charge is 1.00 e. The van der Waals surface area contributed by atoms with Gasteiger partial charge in [-0.1, -0.05) is 32.4 Å². The summed E-state index contributed by atoms with van der Waals surface area (Å²) in [6, 6.07) is 0. The van der Waals surface area contributed by atoms with E-state index in [0.29, 0.717) is 6.42 Å². The number of ether oxygens (including phenoxy) is 1. The zero-order valence-electron chi connectivity index (χ0n) is 20.9. The minimum atomic E-state index is -1.75. The van der Waals surface area contributed by atoms with Crippen LogP contribution in [-0.2, 0) is 23.9 Å². The number of ketones is 2. The van der Waals surface area contributed by atoms with E-state index in [1.807, 2.05) is 13.0 Å². The summed E-state index contributed by atoms with van der Waals surface area (Å²) in [4.78, 5) is 47.5. The van der Waals surface area contributed by atoms with Crippen LogP contribution in [0.2, 0.25) is 0 Å². The number of fused-ring (bicyclic) bond motifs is 5. The van der Waals surface area contributed by atoms with Crippen LogP contribution >= 0.6 is 0 Å². The maximum atomic E-state index is 13.1. The van der Waals surface area contributed by atoms with Gasteiger partial charge in [0.2, 0.25) is 5.78 Å². The number of aliphatic hydroxyl groups is 2. The Hall–Kier alpha value is -1.32. The molecule has 0 bridgehead atoms. The molecule has 35 heavy (non-hydrogen) atoms. The van der Waals surface area contributed by atoms with Crippen molar-refractivity contribution in [1.29, 1.82) is 0 Å². The fourth-order valence-corrected chi connectivity index (χ4v) is 7.75. The first-order valence-electron chi connectivity index (χ1n) is 12.1. The molecule has 0 aromatic heterocycles. The molecule has 0 radical (unpaired) electrons.